The van der Waals surface area contributed by atoms with E-state index < -0.39 is 12.1 Å². The minimum atomic E-state index is -1.13. The van der Waals surface area contributed by atoms with Gasteiger partial charge >= 0.3 is 5.97 Å². The molecule has 1 rings (SSSR count). The van der Waals surface area contributed by atoms with Crippen LogP contribution in [0.25, 0.3) is 0 Å². The van der Waals surface area contributed by atoms with Crippen LogP contribution in [0.5, 0.6) is 17.2 Å². The summed E-state index contributed by atoms with van der Waals surface area (Å²) in [5, 5.41) is 26.7. The third kappa shape index (κ3) is 2.29. The van der Waals surface area contributed by atoms with Crippen LogP contribution in [-0.2, 0) is 4.79 Å². The van der Waals surface area contributed by atoms with Crippen molar-refractivity contribution < 1.29 is 24.9 Å². The molecule has 3 N–H and O–H groups in total. The molecule has 0 aliphatic heterocycles. The Hall–Kier alpha value is -1.91. The number of aliphatic carboxylic acids is 1. The maximum absolute atomic E-state index is 10.4. The van der Waals surface area contributed by atoms with Gasteiger partial charge in [0, 0.05) is 6.07 Å². The largest absolute Gasteiger partial charge is 0.508 e. The zero-order chi connectivity index (χ0) is 10.7. The molecule has 0 fully saturated rings. The number of ether oxygens (including phenoxy) is 1. The second kappa shape index (κ2) is 3.87. The molecule has 0 aromatic heterocycles. The Labute approximate surface area is 80.2 Å². The molecule has 0 bridgehead atoms. The number of phenolic OH excluding ortho intramolecular Hbond substituents is 2. The molecule has 0 saturated carbocycles. The molecule has 1 unspecified atom stereocenters. The Balaban J connectivity index is 2.82. The Morgan fingerprint density at radius 2 is 2.07 bits per heavy atom. The van der Waals surface area contributed by atoms with Crippen molar-refractivity contribution >= 4 is 5.97 Å². The van der Waals surface area contributed by atoms with Crippen molar-refractivity contribution in [3.63, 3.8) is 0 Å². The van der Waals surface area contributed by atoms with Crippen molar-refractivity contribution in [3.8, 4) is 17.2 Å². The van der Waals surface area contributed by atoms with Gasteiger partial charge in [-0.3, -0.25) is 0 Å². The average molecular weight is 198 g/mol. The van der Waals surface area contributed by atoms with Crippen LogP contribution >= 0.6 is 0 Å². The average Bonchev–Trinajstić information content (AvgIpc) is 2.09. The van der Waals surface area contributed by atoms with Gasteiger partial charge in [-0.05, 0) is 19.1 Å². The number of carbonyl (C=O) groups is 1. The van der Waals surface area contributed by atoms with Gasteiger partial charge in [0.15, 0.2) is 17.6 Å². The molecule has 1 aromatic carbocycles. The van der Waals surface area contributed by atoms with Gasteiger partial charge < -0.3 is 20.1 Å². The number of carboxylic acids is 1. The summed E-state index contributed by atoms with van der Waals surface area (Å²) in [7, 11) is 0. The van der Waals surface area contributed by atoms with E-state index >= 15 is 0 Å². The summed E-state index contributed by atoms with van der Waals surface area (Å²) in [5.41, 5.74) is 0. The molecule has 14 heavy (non-hydrogen) atoms. The molecule has 1 atom stereocenters. The quantitative estimate of drug-likeness (QED) is 0.673. The summed E-state index contributed by atoms with van der Waals surface area (Å²) < 4.78 is 4.90. The van der Waals surface area contributed by atoms with Crippen LogP contribution in [0.15, 0.2) is 18.2 Å². The molecule has 0 spiro atoms. The van der Waals surface area contributed by atoms with Crippen LogP contribution in [0.2, 0.25) is 0 Å². The smallest absolute Gasteiger partial charge is 0.344 e. The highest BCUT2D eigenvalue weighted by Crippen LogP contribution is 2.30. The molecule has 0 saturated heterocycles. The monoisotopic (exact) mass is 198 g/mol. The lowest BCUT2D eigenvalue weighted by Gasteiger charge is -2.11. The van der Waals surface area contributed by atoms with Crippen molar-refractivity contribution in [2.24, 2.45) is 0 Å². The second-order valence-corrected chi connectivity index (χ2v) is 2.75. The fourth-order valence-corrected chi connectivity index (χ4v) is 0.846. The van der Waals surface area contributed by atoms with Gasteiger partial charge in [0.05, 0.1) is 0 Å². The lowest BCUT2D eigenvalue weighted by Crippen LogP contribution is -2.22. The summed E-state index contributed by atoms with van der Waals surface area (Å²) in [6.45, 7) is 1.34. The number of aromatic hydroxyl groups is 2. The standard InChI is InChI=1S/C9H10O5/c1-5(9(12)13)14-8-3-2-6(10)4-7(8)11/h2-5,10-11H,1H3,(H,12,13). The van der Waals surface area contributed by atoms with Crippen LogP contribution < -0.4 is 4.74 Å². The van der Waals surface area contributed by atoms with E-state index in [4.69, 9.17) is 14.9 Å². The predicted octanol–water partition coefficient (Wildman–Crippen LogP) is 0.950. The fraction of sp³-hybridized carbons (Fsp3) is 0.222. The molecule has 76 valence electrons. The van der Waals surface area contributed by atoms with Gasteiger partial charge in [0.25, 0.3) is 0 Å². The van der Waals surface area contributed by atoms with Gasteiger partial charge in [-0.15, -0.1) is 0 Å². The minimum absolute atomic E-state index is 0.0256. The zero-order valence-electron chi connectivity index (χ0n) is 7.47. The normalized spacial score (nSPS) is 12.1. The molecule has 1 aromatic rings. The molecule has 0 radical (unpaired) electrons. The van der Waals surface area contributed by atoms with Crippen LogP contribution in [0.4, 0.5) is 0 Å². The Bertz CT molecular complexity index is 347. The number of rotatable bonds is 3. The van der Waals surface area contributed by atoms with Crippen molar-refractivity contribution in [3.05, 3.63) is 18.2 Å². The molecular weight excluding hydrogens is 188 g/mol. The van der Waals surface area contributed by atoms with Gasteiger partial charge in [0.1, 0.15) is 5.75 Å². The van der Waals surface area contributed by atoms with Crippen LogP contribution in [-0.4, -0.2) is 27.4 Å². The van der Waals surface area contributed by atoms with Gasteiger partial charge in [-0.2, -0.15) is 0 Å². The lowest BCUT2D eigenvalue weighted by atomic mass is 10.3. The summed E-state index contributed by atoms with van der Waals surface area (Å²) in [6.07, 6.45) is -1.05. The number of phenols is 2. The topological polar surface area (TPSA) is 87.0 Å². The van der Waals surface area contributed by atoms with E-state index in [-0.39, 0.29) is 17.2 Å². The van der Waals surface area contributed by atoms with Gasteiger partial charge in [0.2, 0.25) is 0 Å². The Morgan fingerprint density at radius 1 is 1.43 bits per heavy atom. The van der Waals surface area contributed by atoms with Gasteiger partial charge in [-0.25, -0.2) is 4.79 Å². The molecular formula is C9H10O5. The number of hydrogen-bond acceptors (Lipinski definition) is 4. The minimum Gasteiger partial charge on any atom is -0.508 e. The zero-order valence-corrected chi connectivity index (χ0v) is 7.47. The van der Waals surface area contributed by atoms with Crippen LogP contribution in [0, 0.1) is 0 Å². The number of carboxylic acid groups (broad SMARTS) is 1. The van der Waals surface area contributed by atoms with Crippen molar-refractivity contribution in [1.82, 2.24) is 0 Å². The summed E-state index contributed by atoms with van der Waals surface area (Å²) >= 11 is 0. The molecule has 0 aliphatic rings. The first-order chi connectivity index (χ1) is 6.50. The van der Waals surface area contributed by atoms with Crippen molar-refractivity contribution in [2.45, 2.75) is 13.0 Å². The predicted molar refractivity (Wildman–Crippen MR) is 47.5 cm³/mol. The maximum Gasteiger partial charge on any atom is 0.344 e. The first kappa shape index (κ1) is 10.2. The molecule has 0 aliphatic carbocycles. The van der Waals surface area contributed by atoms with E-state index in [9.17, 15) is 9.90 Å². The highest BCUT2D eigenvalue weighted by molar-refractivity contribution is 5.72. The number of hydrogen-bond donors (Lipinski definition) is 3. The van der Waals surface area contributed by atoms with Crippen molar-refractivity contribution in [2.75, 3.05) is 0 Å². The van der Waals surface area contributed by atoms with Crippen LogP contribution in [0.3, 0.4) is 0 Å². The Kier molecular flexibility index (Phi) is 2.81. The van der Waals surface area contributed by atoms with E-state index in [1.807, 2.05) is 0 Å². The SMILES string of the molecule is CC(Oc1ccc(O)cc1O)C(=O)O. The highest BCUT2D eigenvalue weighted by atomic mass is 16.5. The molecule has 0 amide bonds. The third-order valence-corrected chi connectivity index (χ3v) is 1.59. The summed E-state index contributed by atoms with van der Waals surface area (Å²) in [4.78, 5) is 10.4. The van der Waals surface area contributed by atoms with E-state index in [0.717, 1.165) is 6.07 Å². The molecule has 5 nitrogen and oxygen atoms in total. The highest BCUT2D eigenvalue weighted by Gasteiger charge is 2.14. The van der Waals surface area contributed by atoms with Crippen molar-refractivity contribution in [1.29, 1.82) is 0 Å². The number of benzene rings is 1. The lowest BCUT2D eigenvalue weighted by molar-refractivity contribution is -0.144. The van der Waals surface area contributed by atoms with E-state index in [0.29, 0.717) is 0 Å². The van der Waals surface area contributed by atoms with Crippen LogP contribution in [0.1, 0.15) is 6.92 Å². The maximum atomic E-state index is 10.4. The van der Waals surface area contributed by atoms with Gasteiger partial charge in [-0.1, -0.05) is 0 Å². The first-order valence-corrected chi connectivity index (χ1v) is 3.92. The molecule has 5 heteroatoms. The van der Waals surface area contributed by atoms with E-state index in [1.54, 1.807) is 0 Å². The van der Waals surface area contributed by atoms with E-state index in [1.165, 1.54) is 19.1 Å². The Morgan fingerprint density at radius 3 is 2.57 bits per heavy atom. The van der Waals surface area contributed by atoms with E-state index in [2.05, 4.69) is 0 Å². The summed E-state index contributed by atoms with van der Waals surface area (Å²) in [6, 6.07) is 3.66. The fourth-order valence-electron chi connectivity index (χ4n) is 0.846. The first-order valence-electron chi connectivity index (χ1n) is 3.92. The summed E-state index contributed by atoms with van der Waals surface area (Å²) in [5.74, 6) is -1.51. The molecule has 0 heterocycles. The second-order valence-electron chi connectivity index (χ2n) is 2.75. The third-order valence-electron chi connectivity index (χ3n) is 1.59.